The summed E-state index contributed by atoms with van der Waals surface area (Å²) in [6.45, 7) is 1.80. The Bertz CT molecular complexity index is 627. The Morgan fingerprint density at radius 3 is 2.58 bits per heavy atom. The first-order valence-electron chi connectivity index (χ1n) is 5.58. The Hall–Kier alpha value is -1.75. The average molecular weight is 325 g/mol. The fourth-order valence-electron chi connectivity index (χ4n) is 1.54. The van der Waals surface area contributed by atoms with Crippen molar-refractivity contribution in [1.82, 2.24) is 0 Å². The third kappa shape index (κ3) is 3.38. The summed E-state index contributed by atoms with van der Waals surface area (Å²) >= 11 is 3.41. The number of halogens is 3. The Balaban J connectivity index is 2.21. The van der Waals surface area contributed by atoms with Crippen molar-refractivity contribution in [2.45, 2.75) is 6.92 Å². The molecule has 0 heterocycles. The highest BCUT2D eigenvalue weighted by molar-refractivity contribution is 9.10. The molecule has 2 nitrogen and oxygen atoms in total. The lowest BCUT2D eigenvalue weighted by Gasteiger charge is -2.06. The summed E-state index contributed by atoms with van der Waals surface area (Å²) in [5.74, 6) is -1.29. The molecule has 0 saturated heterocycles. The lowest BCUT2D eigenvalue weighted by Crippen LogP contribution is -2.01. The summed E-state index contributed by atoms with van der Waals surface area (Å²) in [5.41, 5.74) is 4.31. The quantitative estimate of drug-likeness (QED) is 0.649. The predicted molar refractivity (Wildman–Crippen MR) is 76.3 cm³/mol. The van der Waals surface area contributed by atoms with E-state index in [9.17, 15) is 8.78 Å². The van der Waals surface area contributed by atoms with Crippen molar-refractivity contribution in [1.29, 1.82) is 0 Å². The molecule has 19 heavy (non-hydrogen) atoms. The van der Waals surface area contributed by atoms with Crippen molar-refractivity contribution in [2.24, 2.45) is 5.10 Å². The van der Waals surface area contributed by atoms with Crippen LogP contribution in [0.1, 0.15) is 12.5 Å². The van der Waals surface area contributed by atoms with Crippen LogP contribution in [0.2, 0.25) is 0 Å². The van der Waals surface area contributed by atoms with Gasteiger partial charge in [-0.25, -0.2) is 8.78 Å². The van der Waals surface area contributed by atoms with E-state index in [-0.39, 0.29) is 5.69 Å². The third-order valence-corrected chi connectivity index (χ3v) is 3.23. The molecule has 0 aromatic heterocycles. The highest BCUT2D eigenvalue weighted by atomic mass is 79.9. The molecule has 0 aliphatic heterocycles. The zero-order chi connectivity index (χ0) is 13.8. The molecule has 0 atom stereocenters. The van der Waals surface area contributed by atoms with Crippen LogP contribution in [0, 0.1) is 11.6 Å². The van der Waals surface area contributed by atoms with Gasteiger partial charge in [-0.3, -0.25) is 5.43 Å². The van der Waals surface area contributed by atoms with Gasteiger partial charge in [0.1, 0.15) is 5.82 Å². The van der Waals surface area contributed by atoms with Crippen LogP contribution in [0.25, 0.3) is 0 Å². The van der Waals surface area contributed by atoms with Gasteiger partial charge in [0.2, 0.25) is 0 Å². The minimum absolute atomic E-state index is 0.132. The molecule has 0 bridgehead atoms. The van der Waals surface area contributed by atoms with Crippen LogP contribution in [0.5, 0.6) is 0 Å². The number of rotatable bonds is 3. The molecule has 2 aromatic rings. The molecule has 1 N–H and O–H groups in total. The second-order valence-corrected chi connectivity index (χ2v) is 4.77. The van der Waals surface area contributed by atoms with E-state index >= 15 is 0 Å². The van der Waals surface area contributed by atoms with Crippen LogP contribution < -0.4 is 5.43 Å². The van der Waals surface area contributed by atoms with Gasteiger partial charge in [-0.2, -0.15) is 5.10 Å². The van der Waals surface area contributed by atoms with Crippen LogP contribution in [0.4, 0.5) is 14.5 Å². The van der Waals surface area contributed by atoms with Gasteiger partial charge in [-0.15, -0.1) is 0 Å². The lowest BCUT2D eigenvalue weighted by atomic mass is 10.1. The van der Waals surface area contributed by atoms with E-state index in [1.54, 1.807) is 6.92 Å². The number of anilines is 1. The maximum absolute atomic E-state index is 13.4. The monoisotopic (exact) mass is 324 g/mol. The molecule has 2 aromatic carbocycles. The Kier molecular flexibility index (Phi) is 4.27. The summed E-state index contributed by atoms with van der Waals surface area (Å²) < 4.78 is 27.1. The van der Waals surface area contributed by atoms with E-state index in [2.05, 4.69) is 26.5 Å². The highest BCUT2D eigenvalue weighted by Crippen LogP contribution is 2.18. The van der Waals surface area contributed by atoms with Gasteiger partial charge < -0.3 is 0 Å². The predicted octanol–water partition coefficient (Wildman–Crippen LogP) is 4.56. The Labute approximate surface area is 118 Å². The molecule has 0 radical (unpaired) electrons. The number of nitrogens with zero attached hydrogens (tertiary/aromatic N) is 1. The zero-order valence-electron chi connectivity index (χ0n) is 10.1. The van der Waals surface area contributed by atoms with Crippen LogP contribution >= 0.6 is 15.9 Å². The number of hydrogen-bond acceptors (Lipinski definition) is 2. The van der Waals surface area contributed by atoms with Crippen LogP contribution in [-0.4, -0.2) is 5.71 Å². The molecule has 0 amide bonds. The molecular formula is C14H11BrF2N2. The standard InChI is InChI=1S/C14H11BrF2N2/c1-9(11-4-2-3-5-12(11)15)18-19-14-7-6-10(16)8-13(14)17/h2-8,19H,1H3/b18-9+. The lowest BCUT2D eigenvalue weighted by molar-refractivity contribution is 0.585. The second kappa shape index (κ2) is 5.93. The molecule has 0 aliphatic rings. The third-order valence-electron chi connectivity index (χ3n) is 2.54. The number of nitrogens with one attached hydrogen (secondary N) is 1. The number of hydrazone groups is 1. The van der Waals surface area contributed by atoms with Crippen molar-refractivity contribution < 1.29 is 8.78 Å². The van der Waals surface area contributed by atoms with Gasteiger partial charge in [-0.1, -0.05) is 34.1 Å². The first kappa shape index (κ1) is 13.7. The van der Waals surface area contributed by atoms with Gasteiger partial charge in [0.15, 0.2) is 5.82 Å². The van der Waals surface area contributed by atoms with Gasteiger partial charge in [0, 0.05) is 16.1 Å². The molecule has 0 aliphatic carbocycles. The van der Waals surface area contributed by atoms with Gasteiger partial charge in [0.05, 0.1) is 11.4 Å². The fraction of sp³-hybridized carbons (Fsp3) is 0.0714. The van der Waals surface area contributed by atoms with E-state index in [0.717, 1.165) is 16.1 Å². The van der Waals surface area contributed by atoms with E-state index < -0.39 is 11.6 Å². The number of benzene rings is 2. The Morgan fingerprint density at radius 2 is 1.89 bits per heavy atom. The second-order valence-electron chi connectivity index (χ2n) is 3.91. The smallest absolute Gasteiger partial charge is 0.151 e. The minimum Gasteiger partial charge on any atom is -0.275 e. The van der Waals surface area contributed by atoms with Crippen molar-refractivity contribution in [3.05, 3.63) is 64.1 Å². The first-order chi connectivity index (χ1) is 9.08. The highest BCUT2D eigenvalue weighted by Gasteiger charge is 2.04. The number of hydrogen-bond donors (Lipinski definition) is 1. The largest absolute Gasteiger partial charge is 0.275 e. The Morgan fingerprint density at radius 1 is 1.16 bits per heavy atom. The van der Waals surface area contributed by atoms with E-state index in [0.29, 0.717) is 5.71 Å². The summed E-state index contributed by atoms with van der Waals surface area (Å²) in [7, 11) is 0. The minimum atomic E-state index is -0.677. The van der Waals surface area contributed by atoms with E-state index in [1.165, 1.54) is 12.1 Å². The summed E-state index contributed by atoms with van der Waals surface area (Å²) in [6, 6.07) is 10.9. The fourth-order valence-corrected chi connectivity index (χ4v) is 2.11. The van der Waals surface area contributed by atoms with Crippen LogP contribution in [0.15, 0.2) is 52.0 Å². The molecule has 2 rings (SSSR count). The van der Waals surface area contributed by atoms with Gasteiger partial charge in [0.25, 0.3) is 0 Å². The molecule has 0 fully saturated rings. The maximum Gasteiger partial charge on any atom is 0.151 e. The van der Waals surface area contributed by atoms with Crippen LogP contribution in [0.3, 0.4) is 0 Å². The van der Waals surface area contributed by atoms with Crippen molar-refractivity contribution >= 4 is 27.3 Å². The summed E-state index contributed by atoms with van der Waals surface area (Å²) in [6.07, 6.45) is 0. The van der Waals surface area contributed by atoms with Crippen molar-refractivity contribution in [3.63, 3.8) is 0 Å². The average Bonchev–Trinajstić information content (AvgIpc) is 2.38. The van der Waals surface area contributed by atoms with Gasteiger partial charge >= 0.3 is 0 Å². The van der Waals surface area contributed by atoms with E-state index in [4.69, 9.17) is 0 Å². The summed E-state index contributed by atoms with van der Waals surface area (Å²) in [4.78, 5) is 0. The topological polar surface area (TPSA) is 24.4 Å². The SMILES string of the molecule is C/C(=N\Nc1ccc(F)cc1F)c1ccccc1Br. The molecule has 0 saturated carbocycles. The molecule has 5 heteroatoms. The molecule has 0 unspecified atom stereocenters. The van der Waals surface area contributed by atoms with Gasteiger partial charge in [-0.05, 0) is 25.1 Å². The van der Waals surface area contributed by atoms with E-state index in [1.807, 2.05) is 24.3 Å². The molecule has 98 valence electrons. The normalized spacial score (nSPS) is 11.5. The molecule has 0 spiro atoms. The molecular weight excluding hydrogens is 314 g/mol. The zero-order valence-corrected chi connectivity index (χ0v) is 11.7. The van der Waals surface area contributed by atoms with Crippen molar-refractivity contribution in [2.75, 3.05) is 5.43 Å². The first-order valence-corrected chi connectivity index (χ1v) is 6.37. The van der Waals surface area contributed by atoms with Crippen LogP contribution in [-0.2, 0) is 0 Å². The summed E-state index contributed by atoms with van der Waals surface area (Å²) in [5, 5.41) is 4.09. The van der Waals surface area contributed by atoms with Crippen molar-refractivity contribution in [3.8, 4) is 0 Å². The maximum atomic E-state index is 13.4.